The van der Waals surface area contributed by atoms with Crippen LogP contribution in [0.25, 0.3) is 0 Å². The monoisotopic (exact) mass is 474 g/mol. The predicted molar refractivity (Wildman–Crippen MR) is 123 cm³/mol. The van der Waals surface area contributed by atoms with Gasteiger partial charge in [0.15, 0.2) is 0 Å². The Morgan fingerprint density at radius 3 is 2.59 bits per heavy atom. The fourth-order valence-corrected chi connectivity index (χ4v) is 6.00. The minimum atomic E-state index is -1.12. The molecule has 186 valence electrons. The van der Waals surface area contributed by atoms with E-state index in [-0.39, 0.29) is 25.0 Å². The number of esters is 1. The number of benzene rings is 1. The number of nitrogens with one attached hydrogen (secondary N) is 1. The molecule has 9 nitrogen and oxygen atoms in total. The molecule has 9 heteroatoms. The first-order chi connectivity index (χ1) is 16.3. The molecule has 2 unspecified atom stereocenters. The summed E-state index contributed by atoms with van der Waals surface area (Å²) in [5.74, 6) is -1.90. The first-order valence-electron chi connectivity index (χ1n) is 12.0. The van der Waals surface area contributed by atoms with E-state index >= 15 is 0 Å². The van der Waals surface area contributed by atoms with E-state index in [0.717, 1.165) is 0 Å². The average Bonchev–Trinajstić information content (AvgIpc) is 3.45. The summed E-state index contributed by atoms with van der Waals surface area (Å²) < 4.78 is 16.8. The van der Waals surface area contributed by atoms with Crippen LogP contribution in [0.3, 0.4) is 0 Å². The van der Waals surface area contributed by atoms with Gasteiger partial charge in [-0.1, -0.05) is 13.8 Å². The smallest absolute Gasteiger partial charge is 0.312 e. The lowest BCUT2D eigenvalue weighted by molar-refractivity contribution is -0.155. The molecule has 0 aromatic heterocycles. The van der Waals surface area contributed by atoms with Crippen molar-refractivity contribution in [2.75, 3.05) is 25.6 Å². The van der Waals surface area contributed by atoms with Crippen LogP contribution in [0.2, 0.25) is 0 Å². The number of aliphatic hydroxyl groups is 1. The molecular weight excluding hydrogens is 440 g/mol. The van der Waals surface area contributed by atoms with Crippen LogP contribution in [0.15, 0.2) is 24.3 Å². The summed E-state index contributed by atoms with van der Waals surface area (Å²) in [6.45, 7) is 5.64. The van der Waals surface area contributed by atoms with E-state index in [0.29, 0.717) is 30.7 Å². The van der Waals surface area contributed by atoms with Crippen LogP contribution in [-0.2, 0) is 23.9 Å². The van der Waals surface area contributed by atoms with Crippen molar-refractivity contribution in [3.05, 3.63) is 24.3 Å². The summed E-state index contributed by atoms with van der Waals surface area (Å²) in [4.78, 5) is 41.9. The molecule has 2 N–H and O–H groups in total. The molecular formula is C25H34N2O7. The molecule has 3 heterocycles. The molecule has 1 aromatic rings. The van der Waals surface area contributed by atoms with Crippen LogP contribution in [-0.4, -0.2) is 71.9 Å². The molecule has 0 saturated carbocycles. The van der Waals surface area contributed by atoms with E-state index in [1.165, 1.54) is 4.90 Å². The highest BCUT2D eigenvalue weighted by molar-refractivity contribution is 6.03. The summed E-state index contributed by atoms with van der Waals surface area (Å²) in [6.07, 6.45) is 1.12. The van der Waals surface area contributed by atoms with Gasteiger partial charge in [0.1, 0.15) is 17.4 Å². The average molecular weight is 475 g/mol. The minimum Gasteiger partial charge on any atom is -0.497 e. The molecule has 0 radical (unpaired) electrons. The van der Waals surface area contributed by atoms with Crippen molar-refractivity contribution in [2.24, 2.45) is 17.8 Å². The highest BCUT2D eigenvalue weighted by atomic mass is 16.6. The molecule has 3 saturated heterocycles. The van der Waals surface area contributed by atoms with E-state index in [1.807, 2.05) is 13.8 Å². The minimum absolute atomic E-state index is 0.186. The number of nitrogens with zero attached hydrogens (tertiary/aromatic N) is 1. The third kappa shape index (κ3) is 3.94. The summed E-state index contributed by atoms with van der Waals surface area (Å²) >= 11 is 0. The van der Waals surface area contributed by atoms with Gasteiger partial charge in [-0.15, -0.1) is 0 Å². The Labute approximate surface area is 199 Å². The lowest BCUT2D eigenvalue weighted by Gasteiger charge is -2.37. The molecule has 0 aliphatic carbocycles. The number of ether oxygens (including phenoxy) is 3. The van der Waals surface area contributed by atoms with Crippen LogP contribution in [0, 0.1) is 17.8 Å². The van der Waals surface area contributed by atoms with Gasteiger partial charge in [-0.3, -0.25) is 14.4 Å². The maximum absolute atomic E-state index is 13.9. The highest BCUT2D eigenvalue weighted by Gasteiger charge is 2.75. The standard InChI is InChI=1S/C25H34N2O7/c1-5-33-24(31)19-18-10-11-25(34-18)20(19)23(30)27(16(13-28)12-14(2)3)21(25)22(29)26-15-6-8-17(32-4)9-7-15/h6-9,14,16,18-21,28H,5,10-13H2,1-4H3,(H,26,29)/t16-,18+,19-,20+,21?,25?/m1/s1. The van der Waals surface area contributed by atoms with Gasteiger partial charge in [0.25, 0.3) is 0 Å². The Hall–Kier alpha value is -2.65. The largest absolute Gasteiger partial charge is 0.497 e. The van der Waals surface area contributed by atoms with Gasteiger partial charge >= 0.3 is 5.97 Å². The molecule has 34 heavy (non-hydrogen) atoms. The maximum atomic E-state index is 13.9. The zero-order valence-electron chi connectivity index (χ0n) is 20.2. The van der Waals surface area contributed by atoms with Crippen LogP contribution in [0.4, 0.5) is 5.69 Å². The fraction of sp³-hybridized carbons (Fsp3) is 0.640. The van der Waals surface area contributed by atoms with Gasteiger partial charge in [0.05, 0.1) is 44.3 Å². The number of aliphatic hydroxyl groups excluding tert-OH is 1. The molecule has 3 fully saturated rings. The topological polar surface area (TPSA) is 114 Å². The van der Waals surface area contributed by atoms with Crippen molar-refractivity contribution in [1.29, 1.82) is 0 Å². The lowest BCUT2D eigenvalue weighted by Crippen LogP contribution is -2.56. The fourth-order valence-electron chi connectivity index (χ4n) is 6.00. The molecule has 6 atom stereocenters. The summed E-state index contributed by atoms with van der Waals surface area (Å²) in [6, 6.07) is 5.38. The van der Waals surface area contributed by atoms with Crippen molar-refractivity contribution in [1.82, 2.24) is 4.90 Å². The number of carbonyl (C=O) groups excluding carboxylic acids is 3. The molecule has 2 amide bonds. The third-order valence-corrected chi connectivity index (χ3v) is 7.25. The molecule has 1 aromatic carbocycles. The van der Waals surface area contributed by atoms with E-state index < -0.39 is 47.5 Å². The molecule has 2 bridgehead atoms. The molecule has 4 rings (SSSR count). The zero-order chi connectivity index (χ0) is 24.6. The van der Waals surface area contributed by atoms with Crippen molar-refractivity contribution < 1.29 is 33.7 Å². The number of anilines is 1. The van der Waals surface area contributed by atoms with Gasteiger partial charge in [-0.2, -0.15) is 0 Å². The Kier molecular flexibility index (Phi) is 6.87. The van der Waals surface area contributed by atoms with E-state index in [2.05, 4.69) is 5.32 Å². The van der Waals surface area contributed by atoms with Gasteiger partial charge in [-0.25, -0.2) is 0 Å². The van der Waals surface area contributed by atoms with E-state index in [1.54, 1.807) is 38.3 Å². The Bertz CT molecular complexity index is 934. The van der Waals surface area contributed by atoms with Gasteiger partial charge < -0.3 is 29.5 Å². The van der Waals surface area contributed by atoms with Crippen LogP contribution in [0.5, 0.6) is 5.75 Å². The first kappa shape index (κ1) is 24.5. The van der Waals surface area contributed by atoms with Crippen molar-refractivity contribution in [3.8, 4) is 5.75 Å². The van der Waals surface area contributed by atoms with Gasteiger partial charge in [0.2, 0.25) is 11.8 Å². The van der Waals surface area contributed by atoms with E-state index in [4.69, 9.17) is 14.2 Å². The van der Waals surface area contributed by atoms with Gasteiger partial charge in [-0.05, 0) is 56.4 Å². The predicted octanol–water partition coefficient (Wildman–Crippen LogP) is 1.98. The highest BCUT2D eigenvalue weighted by Crippen LogP contribution is 2.59. The SMILES string of the molecule is CCOC(=O)[C@@H]1[C@@H]2CCC3(O2)C(C(=O)Nc2ccc(OC)cc2)N([C@@H](CO)CC(C)C)C(=O)[C@H]13. The van der Waals surface area contributed by atoms with E-state index in [9.17, 15) is 19.5 Å². The first-order valence-corrected chi connectivity index (χ1v) is 12.0. The number of carbonyl (C=O) groups is 3. The summed E-state index contributed by atoms with van der Waals surface area (Å²) in [5.41, 5.74) is -0.572. The van der Waals surface area contributed by atoms with Crippen LogP contribution in [0.1, 0.15) is 40.0 Å². The second-order valence-electron chi connectivity index (χ2n) is 9.74. The van der Waals surface area contributed by atoms with Crippen molar-refractivity contribution in [2.45, 2.75) is 63.8 Å². The number of amides is 2. The lowest BCUT2D eigenvalue weighted by atomic mass is 9.70. The Morgan fingerprint density at radius 2 is 2.00 bits per heavy atom. The number of hydrogen-bond donors (Lipinski definition) is 2. The Morgan fingerprint density at radius 1 is 1.29 bits per heavy atom. The zero-order valence-corrected chi connectivity index (χ0v) is 20.2. The number of methoxy groups -OCH3 is 1. The molecule has 1 spiro atoms. The summed E-state index contributed by atoms with van der Waals surface area (Å²) in [5, 5.41) is 13.1. The van der Waals surface area contributed by atoms with Crippen molar-refractivity contribution in [3.63, 3.8) is 0 Å². The summed E-state index contributed by atoms with van der Waals surface area (Å²) in [7, 11) is 1.56. The normalized spacial score (nSPS) is 30.4. The number of hydrogen-bond acceptors (Lipinski definition) is 7. The second-order valence-corrected chi connectivity index (χ2v) is 9.74. The van der Waals surface area contributed by atoms with Crippen molar-refractivity contribution >= 4 is 23.5 Å². The third-order valence-electron chi connectivity index (χ3n) is 7.25. The second kappa shape index (κ2) is 9.54. The van der Waals surface area contributed by atoms with Crippen LogP contribution < -0.4 is 10.1 Å². The quantitative estimate of drug-likeness (QED) is 0.526. The molecule has 3 aliphatic heterocycles. The number of fused-ring (bicyclic) bond motifs is 1. The maximum Gasteiger partial charge on any atom is 0.312 e. The van der Waals surface area contributed by atoms with Crippen LogP contribution >= 0.6 is 0 Å². The van der Waals surface area contributed by atoms with Gasteiger partial charge in [0, 0.05) is 5.69 Å². The Balaban J connectivity index is 1.71. The number of likely N-dealkylation sites (tertiary alicyclic amines) is 1. The molecule has 3 aliphatic rings. The number of rotatable bonds is 9.